The minimum absolute atomic E-state index is 0.232. The standard InChI is InChI=1S/C72H34F8N4/c73-69(74)41-21-9-12-24-44(41)72(79,80)48-28-50-39(25-45(48)69)57-63-59-51(29-81-65-55-35-17-5-1-13-31(35)53(61(59)65)32-14-2-6-18-36(32)55)83-49-27-47-46(70(75,76)42-22-10-11-23-43(42)71(47,77)78)26-40(49)58(67(63)83)64-60-52(84(50)68(57)64)30-82-66-56-37-19-7-3-15-33(37)54(62(60)66)34-16-4-8-20-38(34)56/h1-30,53-56H. The van der Waals surface area contributed by atoms with Gasteiger partial charge in [-0.15, -0.1) is 0 Å². The first-order valence-electron chi connectivity index (χ1n) is 28.1. The molecule has 0 N–H and O–H groups in total. The van der Waals surface area contributed by atoms with E-state index in [4.69, 9.17) is 9.97 Å². The third-order valence-electron chi connectivity index (χ3n) is 20.6. The van der Waals surface area contributed by atoms with Crippen molar-refractivity contribution in [2.24, 2.45) is 0 Å². The van der Waals surface area contributed by atoms with Crippen molar-refractivity contribution in [3.63, 3.8) is 0 Å². The number of nitrogens with zero attached hydrogens (tertiary/aromatic N) is 4. The topological polar surface area (TPSA) is 34.6 Å². The van der Waals surface area contributed by atoms with Gasteiger partial charge in [0.25, 0.3) is 23.7 Å². The smallest absolute Gasteiger partial charge is 0.299 e. The van der Waals surface area contributed by atoms with E-state index in [1.165, 1.54) is 48.5 Å². The molecule has 0 radical (unpaired) electrons. The van der Waals surface area contributed by atoms with Crippen LogP contribution in [0.3, 0.4) is 0 Å². The third-order valence-corrected chi connectivity index (χ3v) is 20.6. The van der Waals surface area contributed by atoms with Gasteiger partial charge in [0.1, 0.15) is 0 Å². The number of alkyl halides is 8. The highest BCUT2D eigenvalue weighted by Crippen LogP contribution is 2.65. The number of benzene rings is 9. The van der Waals surface area contributed by atoms with Gasteiger partial charge in [-0.3, -0.25) is 9.97 Å². The Balaban J connectivity index is 1.04. The Morgan fingerprint density at radius 3 is 0.869 bits per heavy atom. The van der Waals surface area contributed by atoms with Crippen molar-refractivity contribution in [2.45, 2.75) is 47.4 Å². The minimum Gasteiger partial charge on any atom is -0.306 e. The second-order valence-corrected chi connectivity index (χ2v) is 24.0. The zero-order valence-electron chi connectivity index (χ0n) is 43.4. The number of pyridine rings is 2. The first-order chi connectivity index (χ1) is 40.8. The van der Waals surface area contributed by atoms with E-state index in [2.05, 4.69) is 48.5 Å². The molecule has 398 valence electrons. The molecule has 0 saturated carbocycles. The minimum atomic E-state index is -3.87. The molecule has 84 heavy (non-hydrogen) atoms. The summed E-state index contributed by atoms with van der Waals surface area (Å²) in [6.07, 6.45) is 3.49. The summed E-state index contributed by atoms with van der Waals surface area (Å²) in [5, 5.41) is 3.97. The van der Waals surface area contributed by atoms with Crippen molar-refractivity contribution in [2.75, 3.05) is 0 Å². The summed E-state index contributed by atoms with van der Waals surface area (Å²) in [6, 6.07) is 47.5. The molecule has 0 aliphatic heterocycles. The second-order valence-electron chi connectivity index (χ2n) is 24.0. The van der Waals surface area contributed by atoms with Crippen LogP contribution in [-0.2, 0) is 23.7 Å². The van der Waals surface area contributed by atoms with Crippen molar-refractivity contribution >= 4 is 76.2 Å². The summed E-state index contributed by atoms with van der Waals surface area (Å²) in [5.74, 6) is -17.0. The summed E-state index contributed by atoms with van der Waals surface area (Å²) in [6.45, 7) is 0. The van der Waals surface area contributed by atoms with Crippen LogP contribution in [0.15, 0.2) is 182 Å². The Kier molecular flexibility index (Phi) is 7.41. The third kappa shape index (κ3) is 4.62. The van der Waals surface area contributed by atoms with Gasteiger partial charge in [-0.2, -0.15) is 35.1 Å². The van der Waals surface area contributed by atoms with Gasteiger partial charge in [0.15, 0.2) is 0 Å². The van der Waals surface area contributed by atoms with Crippen molar-refractivity contribution in [1.82, 2.24) is 18.8 Å². The van der Waals surface area contributed by atoms with E-state index >= 15 is 35.1 Å². The van der Waals surface area contributed by atoms with E-state index in [-0.39, 0.29) is 33.6 Å². The Morgan fingerprint density at radius 2 is 0.560 bits per heavy atom. The molecule has 6 aromatic heterocycles. The van der Waals surface area contributed by atoms with Crippen LogP contribution in [-0.4, -0.2) is 18.8 Å². The van der Waals surface area contributed by atoms with E-state index in [0.717, 1.165) is 91.3 Å². The van der Waals surface area contributed by atoms with Gasteiger partial charge >= 0.3 is 0 Å². The molecule has 0 unspecified atom stereocenters. The lowest BCUT2D eigenvalue weighted by atomic mass is 9.62. The lowest BCUT2D eigenvalue weighted by Crippen LogP contribution is -2.33. The Bertz CT molecular complexity index is 5250. The number of halogens is 8. The average molecular weight is 1110 g/mol. The van der Waals surface area contributed by atoms with E-state index < -0.39 is 80.0 Å². The SMILES string of the molecule is FC1(F)c2ccccc2C(F)(F)c2cc3c(cc21)c1c2c4c5c(ncc4n4c6cc7c(cc6c(c6c8c9c(ncc8n3c16)C1c3ccccc3C9c3ccccc31)c24)C(F)(F)c1ccccc1C7(F)F)C1c2ccccc2C5c2ccccc21. The first-order valence-corrected chi connectivity index (χ1v) is 28.1. The molecule has 12 heteroatoms. The normalized spacial score (nSPS) is 20.8. The van der Waals surface area contributed by atoms with Gasteiger partial charge in [0, 0.05) is 99.4 Å². The molecular formula is C72H34F8N4. The van der Waals surface area contributed by atoms with Crippen molar-refractivity contribution < 1.29 is 35.1 Å². The highest BCUT2D eigenvalue weighted by Gasteiger charge is 2.56. The molecule has 8 aliphatic rings. The molecule has 4 bridgehead atoms. The van der Waals surface area contributed by atoms with Gasteiger partial charge in [-0.25, -0.2) is 0 Å². The Labute approximate surface area is 469 Å². The molecule has 0 spiro atoms. The van der Waals surface area contributed by atoms with E-state index in [0.29, 0.717) is 54.4 Å². The molecule has 15 aromatic rings. The average Bonchev–Trinajstić information content (AvgIpc) is 1.46. The fraction of sp³-hybridized carbons (Fsp3) is 0.111. The number of hydrogen-bond donors (Lipinski definition) is 0. The fourth-order valence-electron chi connectivity index (χ4n) is 17.6. The van der Waals surface area contributed by atoms with Gasteiger partial charge < -0.3 is 8.80 Å². The maximum atomic E-state index is 17.6. The fourth-order valence-corrected chi connectivity index (χ4v) is 17.6. The molecule has 0 atom stereocenters. The van der Waals surface area contributed by atoms with Crippen LogP contribution >= 0.6 is 0 Å². The zero-order chi connectivity index (χ0) is 55.7. The molecule has 6 heterocycles. The summed E-state index contributed by atoms with van der Waals surface area (Å²) < 4.78 is 145. The van der Waals surface area contributed by atoms with Crippen molar-refractivity contribution in [3.8, 4) is 0 Å². The monoisotopic (exact) mass is 1110 g/mol. The van der Waals surface area contributed by atoms with E-state index in [1.807, 2.05) is 57.3 Å². The van der Waals surface area contributed by atoms with Gasteiger partial charge in [0.05, 0.1) is 68.7 Å². The predicted octanol–water partition coefficient (Wildman–Crippen LogP) is 17.9. The molecule has 0 amide bonds. The maximum Gasteiger partial charge on any atom is 0.299 e. The highest BCUT2D eigenvalue weighted by molar-refractivity contribution is 6.46. The van der Waals surface area contributed by atoms with E-state index in [1.54, 1.807) is 12.4 Å². The van der Waals surface area contributed by atoms with Crippen LogP contribution in [0.25, 0.3) is 76.2 Å². The maximum absolute atomic E-state index is 17.6. The highest BCUT2D eigenvalue weighted by atomic mass is 19.3. The van der Waals surface area contributed by atoms with E-state index in [9.17, 15) is 0 Å². The van der Waals surface area contributed by atoms with Crippen LogP contribution in [0, 0.1) is 0 Å². The molecule has 23 rings (SSSR count). The summed E-state index contributed by atoms with van der Waals surface area (Å²) in [4.78, 5) is 10.7. The first kappa shape index (κ1) is 44.9. The second kappa shape index (κ2) is 13.9. The van der Waals surface area contributed by atoms with Crippen LogP contribution < -0.4 is 0 Å². The van der Waals surface area contributed by atoms with Crippen molar-refractivity contribution in [3.05, 3.63) is 294 Å². The largest absolute Gasteiger partial charge is 0.306 e. The molecule has 0 fully saturated rings. The molecule has 8 aliphatic carbocycles. The number of hydrogen-bond acceptors (Lipinski definition) is 2. The van der Waals surface area contributed by atoms with Gasteiger partial charge in [-0.1, -0.05) is 146 Å². The van der Waals surface area contributed by atoms with Crippen LogP contribution in [0.1, 0.15) is 135 Å². The predicted molar refractivity (Wildman–Crippen MR) is 306 cm³/mol. The number of rotatable bonds is 0. The molecule has 9 aromatic carbocycles. The number of aromatic nitrogens is 4. The Morgan fingerprint density at radius 1 is 0.286 bits per heavy atom. The van der Waals surface area contributed by atoms with Gasteiger partial charge in [-0.05, 0) is 79.9 Å². The van der Waals surface area contributed by atoms with Crippen molar-refractivity contribution in [1.29, 1.82) is 0 Å². The zero-order valence-corrected chi connectivity index (χ0v) is 43.4. The molecular weight excluding hydrogens is 1070 g/mol. The van der Waals surface area contributed by atoms with Gasteiger partial charge in [0.2, 0.25) is 0 Å². The number of fused-ring (bicyclic) bond motifs is 18. The summed E-state index contributed by atoms with van der Waals surface area (Å²) in [7, 11) is 0. The molecule has 0 saturated heterocycles. The molecule has 4 nitrogen and oxygen atoms in total. The lowest BCUT2D eigenvalue weighted by Gasteiger charge is -2.41. The quantitative estimate of drug-likeness (QED) is 0.142. The summed E-state index contributed by atoms with van der Waals surface area (Å²) >= 11 is 0. The lowest BCUT2D eigenvalue weighted by molar-refractivity contribution is -0.0112. The summed E-state index contributed by atoms with van der Waals surface area (Å²) in [5.41, 5.74) is 7.70. The van der Waals surface area contributed by atoms with Crippen LogP contribution in [0.4, 0.5) is 35.1 Å². The Hall–Kier alpha value is -9.68. The van der Waals surface area contributed by atoms with Crippen LogP contribution in [0.5, 0.6) is 0 Å². The van der Waals surface area contributed by atoms with Crippen LogP contribution in [0.2, 0.25) is 0 Å².